The van der Waals surface area contributed by atoms with Crippen LogP contribution in [0.5, 0.6) is 0 Å². The first kappa shape index (κ1) is 13.4. The van der Waals surface area contributed by atoms with Gasteiger partial charge in [0.15, 0.2) is 0 Å². The Morgan fingerprint density at radius 2 is 1.67 bits per heavy atom. The van der Waals surface area contributed by atoms with E-state index in [2.05, 4.69) is 55.4 Å². The van der Waals surface area contributed by atoms with Crippen molar-refractivity contribution in [2.24, 2.45) is 5.90 Å². The topological polar surface area (TPSA) is 52.3 Å². The summed E-state index contributed by atoms with van der Waals surface area (Å²) in [5, 5.41) is 0. The van der Waals surface area contributed by atoms with Crippen molar-refractivity contribution in [3.05, 3.63) is 47.5 Å². The van der Waals surface area contributed by atoms with E-state index in [4.69, 9.17) is 0 Å². The largest absolute Gasteiger partial charge is 0.370 e. The third kappa shape index (κ3) is 5.65. The molecule has 0 amide bonds. The Hall–Kier alpha value is -1.61. The van der Waals surface area contributed by atoms with E-state index in [1.54, 1.807) is 0 Å². The van der Waals surface area contributed by atoms with Gasteiger partial charge in [0.1, 0.15) is 0 Å². The Labute approximate surface area is 90.5 Å². The average Bonchev–Trinajstić information content (AvgIpc) is 2.22. The van der Waals surface area contributed by atoms with E-state index in [1.807, 2.05) is 0 Å². The summed E-state index contributed by atoms with van der Waals surface area (Å²) in [5.74, 6) is 3.89. The first-order valence-corrected chi connectivity index (χ1v) is 4.57. The fourth-order valence-electron chi connectivity index (χ4n) is 0.763. The fourth-order valence-corrected chi connectivity index (χ4v) is 0.763. The summed E-state index contributed by atoms with van der Waals surface area (Å²) >= 11 is 0. The van der Waals surface area contributed by atoms with Crippen LogP contribution < -0.4 is 5.90 Å². The summed E-state index contributed by atoms with van der Waals surface area (Å²) in [7, 11) is 0. The van der Waals surface area contributed by atoms with Crippen LogP contribution in [-0.4, -0.2) is 5.97 Å². The van der Waals surface area contributed by atoms with Crippen molar-refractivity contribution in [2.45, 2.75) is 20.8 Å². The highest BCUT2D eigenvalue weighted by Gasteiger charge is 1.96. The molecule has 0 fully saturated rings. The van der Waals surface area contributed by atoms with Gasteiger partial charge in [-0.3, -0.25) is 0 Å². The van der Waals surface area contributed by atoms with Crippen LogP contribution in [0.2, 0.25) is 0 Å². The maximum atomic E-state index is 10.1. The summed E-state index contributed by atoms with van der Waals surface area (Å²) < 4.78 is 0. The number of aryl methyl sites for hydroxylation is 2. The summed E-state index contributed by atoms with van der Waals surface area (Å²) in [6.45, 7) is 9.04. The molecule has 1 aromatic rings. The number of nitrogens with two attached hydrogens (primary N) is 1. The zero-order valence-electron chi connectivity index (χ0n) is 9.41. The van der Waals surface area contributed by atoms with Gasteiger partial charge in [0.05, 0.1) is 0 Å². The van der Waals surface area contributed by atoms with Crippen molar-refractivity contribution in [3.8, 4) is 0 Å². The second-order valence-electron chi connectivity index (χ2n) is 3.27. The molecule has 2 N–H and O–H groups in total. The Bertz CT molecular complexity index is 324. The standard InChI is InChI=1S/C8H10.C4H7NO2/c1-7-5-3-4-6-8(7)2;1-3(2)4(6)7-5/h3-6H,1-2H3;1,5H2,2H3. The van der Waals surface area contributed by atoms with Crippen molar-refractivity contribution >= 4 is 5.97 Å². The van der Waals surface area contributed by atoms with Gasteiger partial charge >= 0.3 is 5.97 Å². The van der Waals surface area contributed by atoms with Gasteiger partial charge in [0.2, 0.25) is 0 Å². The van der Waals surface area contributed by atoms with Crippen LogP contribution in [0.15, 0.2) is 36.4 Å². The highest BCUT2D eigenvalue weighted by Crippen LogP contribution is 2.02. The predicted molar refractivity (Wildman–Crippen MR) is 61.0 cm³/mol. The van der Waals surface area contributed by atoms with Crippen molar-refractivity contribution in [2.75, 3.05) is 0 Å². The minimum absolute atomic E-state index is 0.308. The Kier molecular flexibility index (Phi) is 6.06. The lowest BCUT2D eigenvalue weighted by Gasteiger charge is -1.93. The zero-order valence-corrected chi connectivity index (χ0v) is 9.41. The first-order valence-electron chi connectivity index (χ1n) is 4.57. The van der Waals surface area contributed by atoms with Gasteiger partial charge in [-0.2, -0.15) is 5.90 Å². The van der Waals surface area contributed by atoms with Crippen molar-refractivity contribution in [1.82, 2.24) is 0 Å². The fraction of sp³-hybridized carbons (Fsp3) is 0.250. The number of carbonyl (C=O) groups excluding carboxylic acids is 1. The van der Waals surface area contributed by atoms with E-state index in [0.29, 0.717) is 5.57 Å². The van der Waals surface area contributed by atoms with Gasteiger partial charge < -0.3 is 4.84 Å². The van der Waals surface area contributed by atoms with Gasteiger partial charge in [0, 0.05) is 5.57 Å². The Morgan fingerprint density at radius 1 is 1.27 bits per heavy atom. The molecule has 1 rings (SSSR count). The molecule has 0 aliphatic heterocycles. The maximum absolute atomic E-state index is 10.1. The van der Waals surface area contributed by atoms with E-state index in [0.717, 1.165) is 0 Å². The lowest BCUT2D eigenvalue weighted by molar-refractivity contribution is -0.139. The van der Waals surface area contributed by atoms with E-state index >= 15 is 0 Å². The molecule has 0 radical (unpaired) electrons. The number of rotatable bonds is 1. The minimum Gasteiger partial charge on any atom is -0.370 e. The Balaban J connectivity index is 0.000000265. The lowest BCUT2D eigenvalue weighted by Crippen LogP contribution is -2.09. The lowest BCUT2D eigenvalue weighted by atomic mass is 10.1. The number of hydrogen-bond donors (Lipinski definition) is 1. The second-order valence-corrected chi connectivity index (χ2v) is 3.27. The molecule has 3 nitrogen and oxygen atoms in total. The summed E-state index contributed by atoms with van der Waals surface area (Å²) in [6.07, 6.45) is 0. The summed E-state index contributed by atoms with van der Waals surface area (Å²) in [5.41, 5.74) is 3.04. The van der Waals surface area contributed by atoms with Crippen LogP contribution >= 0.6 is 0 Å². The zero-order chi connectivity index (χ0) is 11.8. The molecule has 0 atom stereocenters. The van der Waals surface area contributed by atoms with Crippen molar-refractivity contribution < 1.29 is 9.63 Å². The van der Waals surface area contributed by atoms with Gasteiger partial charge in [-0.15, -0.1) is 0 Å². The van der Waals surface area contributed by atoms with Crippen LogP contribution in [0.25, 0.3) is 0 Å². The van der Waals surface area contributed by atoms with Gasteiger partial charge in [0.25, 0.3) is 0 Å². The first-order chi connectivity index (χ1) is 6.99. The summed E-state index contributed by atoms with van der Waals surface area (Å²) in [4.78, 5) is 13.8. The third-order valence-corrected chi connectivity index (χ3v) is 1.88. The molecular formula is C12H17NO2. The van der Waals surface area contributed by atoms with Crippen molar-refractivity contribution in [3.63, 3.8) is 0 Å². The molecule has 0 aromatic heterocycles. The minimum atomic E-state index is -0.569. The molecule has 0 bridgehead atoms. The van der Waals surface area contributed by atoms with Gasteiger partial charge in [-0.25, -0.2) is 4.79 Å². The highest BCUT2D eigenvalue weighted by atomic mass is 16.7. The monoisotopic (exact) mass is 207 g/mol. The predicted octanol–water partition coefficient (Wildman–Crippen LogP) is 2.28. The van der Waals surface area contributed by atoms with Gasteiger partial charge in [-0.1, -0.05) is 30.8 Å². The number of carbonyl (C=O) groups is 1. The molecule has 0 spiro atoms. The SMILES string of the molecule is C=C(C)C(=O)ON.Cc1ccccc1C. The van der Waals surface area contributed by atoms with Crippen LogP contribution in [0, 0.1) is 13.8 Å². The summed E-state index contributed by atoms with van der Waals surface area (Å²) in [6, 6.07) is 8.36. The van der Waals surface area contributed by atoms with E-state index in [9.17, 15) is 4.79 Å². The molecule has 15 heavy (non-hydrogen) atoms. The van der Waals surface area contributed by atoms with Crippen LogP contribution in [-0.2, 0) is 9.63 Å². The maximum Gasteiger partial charge on any atom is 0.351 e. The van der Waals surface area contributed by atoms with Crippen LogP contribution in [0.1, 0.15) is 18.1 Å². The molecule has 1 aromatic carbocycles. The molecule has 0 saturated heterocycles. The smallest absolute Gasteiger partial charge is 0.351 e. The highest BCUT2D eigenvalue weighted by molar-refractivity contribution is 5.86. The molecule has 3 heteroatoms. The van der Waals surface area contributed by atoms with E-state index < -0.39 is 5.97 Å². The van der Waals surface area contributed by atoms with Crippen LogP contribution in [0.3, 0.4) is 0 Å². The molecule has 0 aliphatic carbocycles. The molecule has 0 aliphatic rings. The quantitative estimate of drug-likeness (QED) is 0.567. The molecule has 0 saturated carbocycles. The molecule has 0 heterocycles. The van der Waals surface area contributed by atoms with Crippen molar-refractivity contribution in [1.29, 1.82) is 0 Å². The third-order valence-electron chi connectivity index (χ3n) is 1.88. The molecule has 0 unspecified atom stereocenters. The van der Waals surface area contributed by atoms with E-state index in [1.165, 1.54) is 18.1 Å². The average molecular weight is 207 g/mol. The molecular weight excluding hydrogens is 190 g/mol. The number of hydrogen-bond acceptors (Lipinski definition) is 3. The number of benzene rings is 1. The Morgan fingerprint density at radius 3 is 1.80 bits per heavy atom. The molecule has 82 valence electrons. The van der Waals surface area contributed by atoms with Gasteiger partial charge in [-0.05, 0) is 31.9 Å². The second kappa shape index (κ2) is 6.79. The normalized spacial score (nSPS) is 8.53. The van der Waals surface area contributed by atoms with Crippen LogP contribution in [0.4, 0.5) is 0 Å². The van der Waals surface area contributed by atoms with E-state index in [-0.39, 0.29) is 0 Å².